The first-order valence-electron chi connectivity index (χ1n) is 6.83. The van der Waals surface area contributed by atoms with Crippen LogP contribution in [0.15, 0.2) is 36.4 Å². The lowest BCUT2D eigenvalue weighted by Gasteiger charge is -2.11. The Balaban J connectivity index is 2.02. The minimum absolute atomic E-state index is 0.247. The normalized spacial score (nSPS) is 9.71. The molecule has 0 aliphatic heterocycles. The molecular formula is C17H13ClN2O4. The highest BCUT2D eigenvalue weighted by atomic mass is 35.5. The van der Waals surface area contributed by atoms with Gasteiger partial charge in [-0.3, -0.25) is 9.59 Å². The van der Waals surface area contributed by atoms with Crippen molar-refractivity contribution in [3.05, 3.63) is 52.5 Å². The summed E-state index contributed by atoms with van der Waals surface area (Å²) >= 11 is 5.90. The second-order valence-electron chi connectivity index (χ2n) is 4.67. The van der Waals surface area contributed by atoms with E-state index >= 15 is 0 Å². The van der Waals surface area contributed by atoms with Crippen molar-refractivity contribution in [2.24, 2.45) is 0 Å². The summed E-state index contributed by atoms with van der Waals surface area (Å²) < 4.78 is 10.5. The number of carbonyl (C=O) groups excluding carboxylic acids is 2. The number of hydrogen-bond donors (Lipinski definition) is 1. The molecule has 1 amide bonds. The monoisotopic (exact) mass is 344 g/mol. The highest BCUT2D eigenvalue weighted by molar-refractivity contribution is 6.32. The molecule has 2 aromatic rings. The maximum absolute atomic E-state index is 12.0. The number of methoxy groups -OCH3 is 1. The van der Waals surface area contributed by atoms with Crippen LogP contribution in [0.1, 0.15) is 15.9 Å². The highest BCUT2D eigenvalue weighted by Gasteiger charge is 2.10. The van der Waals surface area contributed by atoms with Gasteiger partial charge in [0.05, 0.1) is 17.7 Å². The summed E-state index contributed by atoms with van der Waals surface area (Å²) in [6, 6.07) is 11.1. The Morgan fingerprint density at radius 3 is 2.71 bits per heavy atom. The number of hydrogen-bond acceptors (Lipinski definition) is 5. The minimum atomic E-state index is -0.422. The van der Waals surface area contributed by atoms with Crippen LogP contribution in [0.5, 0.6) is 11.5 Å². The summed E-state index contributed by atoms with van der Waals surface area (Å²) in [6.07, 6.45) is 0.672. The fourth-order valence-corrected chi connectivity index (χ4v) is 2.13. The molecule has 24 heavy (non-hydrogen) atoms. The van der Waals surface area contributed by atoms with Crippen LogP contribution in [0, 0.1) is 11.3 Å². The van der Waals surface area contributed by atoms with Crippen LogP contribution in [0.3, 0.4) is 0 Å². The molecule has 0 atom stereocenters. The van der Waals surface area contributed by atoms with E-state index < -0.39 is 5.91 Å². The number of nitriles is 1. The molecule has 0 unspecified atom stereocenters. The Kier molecular flexibility index (Phi) is 5.77. The van der Waals surface area contributed by atoms with Crippen LogP contribution in [-0.4, -0.2) is 25.9 Å². The van der Waals surface area contributed by atoms with Crippen LogP contribution in [-0.2, 0) is 4.79 Å². The maximum Gasteiger partial charge on any atom is 0.262 e. The summed E-state index contributed by atoms with van der Waals surface area (Å²) in [6.45, 7) is -0.281. The van der Waals surface area contributed by atoms with Gasteiger partial charge in [0.1, 0.15) is 12.4 Å². The zero-order valence-electron chi connectivity index (χ0n) is 12.7. The van der Waals surface area contributed by atoms with Gasteiger partial charge in [0.25, 0.3) is 5.91 Å². The maximum atomic E-state index is 12.0. The predicted molar refractivity (Wildman–Crippen MR) is 88.7 cm³/mol. The highest BCUT2D eigenvalue weighted by Crippen LogP contribution is 2.27. The number of ether oxygens (including phenoxy) is 2. The molecule has 0 aliphatic carbocycles. The van der Waals surface area contributed by atoms with Crippen LogP contribution in [0.2, 0.25) is 5.02 Å². The standard InChI is InChI=1S/C17H13ClN2O4/c1-23-15-5-2-11(9-21)6-16(15)24-10-17(22)20-13-4-3-12(8-19)14(18)7-13/h2-7,9H,10H2,1H3,(H,20,22). The second kappa shape index (κ2) is 7.99. The van der Waals surface area contributed by atoms with Gasteiger partial charge in [-0.05, 0) is 36.4 Å². The number of aldehydes is 1. The zero-order valence-corrected chi connectivity index (χ0v) is 13.5. The number of carbonyl (C=O) groups is 2. The van der Waals surface area contributed by atoms with E-state index in [9.17, 15) is 9.59 Å². The zero-order chi connectivity index (χ0) is 17.5. The molecule has 0 bridgehead atoms. The first-order chi connectivity index (χ1) is 11.6. The van der Waals surface area contributed by atoms with E-state index in [2.05, 4.69) is 5.32 Å². The number of rotatable bonds is 6. The quantitative estimate of drug-likeness (QED) is 0.813. The molecule has 0 heterocycles. The van der Waals surface area contributed by atoms with Crippen LogP contribution >= 0.6 is 11.6 Å². The van der Waals surface area contributed by atoms with E-state index in [4.69, 9.17) is 26.3 Å². The average molecular weight is 345 g/mol. The van der Waals surface area contributed by atoms with Crippen molar-refractivity contribution in [2.75, 3.05) is 19.0 Å². The molecule has 0 saturated carbocycles. The van der Waals surface area contributed by atoms with Gasteiger partial charge in [0.15, 0.2) is 18.1 Å². The fraction of sp³-hybridized carbons (Fsp3) is 0.118. The summed E-state index contributed by atoms with van der Waals surface area (Å²) in [4.78, 5) is 22.8. The van der Waals surface area contributed by atoms with Crippen LogP contribution < -0.4 is 14.8 Å². The van der Waals surface area contributed by atoms with Crippen molar-refractivity contribution in [2.45, 2.75) is 0 Å². The van der Waals surface area contributed by atoms with E-state index in [1.807, 2.05) is 6.07 Å². The molecule has 0 aliphatic rings. The van der Waals surface area contributed by atoms with Gasteiger partial charge in [-0.1, -0.05) is 11.6 Å². The van der Waals surface area contributed by atoms with E-state index in [-0.39, 0.29) is 17.4 Å². The largest absolute Gasteiger partial charge is 0.493 e. The number of nitrogens with one attached hydrogen (secondary N) is 1. The smallest absolute Gasteiger partial charge is 0.262 e. The van der Waals surface area contributed by atoms with Gasteiger partial charge in [0, 0.05) is 11.3 Å². The first kappa shape index (κ1) is 17.3. The number of anilines is 1. The number of benzene rings is 2. The van der Waals surface area contributed by atoms with Gasteiger partial charge in [0.2, 0.25) is 0 Å². The van der Waals surface area contributed by atoms with Gasteiger partial charge in [-0.15, -0.1) is 0 Å². The molecule has 6 nitrogen and oxygen atoms in total. The lowest BCUT2D eigenvalue weighted by molar-refractivity contribution is -0.118. The SMILES string of the molecule is COc1ccc(C=O)cc1OCC(=O)Nc1ccc(C#N)c(Cl)c1. The Morgan fingerprint density at radius 2 is 2.08 bits per heavy atom. The molecule has 0 fully saturated rings. The van der Waals surface area contributed by atoms with Crippen LogP contribution in [0.25, 0.3) is 0 Å². The van der Waals surface area contributed by atoms with Gasteiger partial charge >= 0.3 is 0 Å². The van der Waals surface area contributed by atoms with Gasteiger partial charge in [-0.25, -0.2) is 0 Å². The average Bonchev–Trinajstić information content (AvgIpc) is 2.59. The third-order valence-corrected chi connectivity index (χ3v) is 3.37. The molecule has 1 N–H and O–H groups in total. The Labute approximate surface area is 143 Å². The lowest BCUT2D eigenvalue weighted by Crippen LogP contribution is -2.20. The van der Waals surface area contributed by atoms with E-state index in [1.165, 1.54) is 25.3 Å². The Morgan fingerprint density at radius 1 is 1.29 bits per heavy atom. The molecule has 0 aromatic heterocycles. The topological polar surface area (TPSA) is 88.4 Å². The molecule has 2 rings (SSSR count). The Bertz CT molecular complexity index is 815. The fourth-order valence-electron chi connectivity index (χ4n) is 1.90. The predicted octanol–water partition coefficient (Wildman–Crippen LogP) is 3.05. The molecule has 0 radical (unpaired) electrons. The van der Waals surface area contributed by atoms with Crippen molar-refractivity contribution < 1.29 is 19.1 Å². The van der Waals surface area contributed by atoms with Gasteiger partial charge in [-0.2, -0.15) is 5.26 Å². The summed E-state index contributed by atoms with van der Waals surface area (Å²) in [7, 11) is 1.46. The first-order valence-corrected chi connectivity index (χ1v) is 7.20. The molecular weight excluding hydrogens is 332 g/mol. The van der Waals surface area contributed by atoms with Crippen molar-refractivity contribution in [1.82, 2.24) is 0 Å². The third kappa shape index (κ3) is 4.24. The summed E-state index contributed by atoms with van der Waals surface area (Å²) in [5.74, 6) is 0.277. The minimum Gasteiger partial charge on any atom is -0.493 e. The third-order valence-electron chi connectivity index (χ3n) is 3.06. The van der Waals surface area contributed by atoms with Gasteiger partial charge < -0.3 is 14.8 Å². The van der Waals surface area contributed by atoms with E-state index in [0.29, 0.717) is 28.8 Å². The molecule has 0 spiro atoms. The lowest BCUT2D eigenvalue weighted by atomic mass is 10.2. The van der Waals surface area contributed by atoms with Crippen molar-refractivity contribution in [1.29, 1.82) is 5.26 Å². The van der Waals surface area contributed by atoms with E-state index in [0.717, 1.165) is 0 Å². The van der Waals surface area contributed by atoms with Crippen molar-refractivity contribution in [3.8, 4) is 17.6 Å². The van der Waals surface area contributed by atoms with Crippen molar-refractivity contribution in [3.63, 3.8) is 0 Å². The summed E-state index contributed by atoms with van der Waals surface area (Å²) in [5, 5.41) is 11.7. The van der Waals surface area contributed by atoms with Crippen molar-refractivity contribution >= 4 is 29.5 Å². The number of nitrogens with zero attached hydrogens (tertiary/aromatic N) is 1. The molecule has 7 heteroatoms. The van der Waals surface area contributed by atoms with Crippen LogP contribution in [0.4, 0.5) is 5.69 Å². The molecule has 2 aromatic carbocycles. The molecule has 122 valence electrons. The second-order valence-corrected chi connectivity index (χ2v) is 5.08. The number of halogens is 1. The summed E-state index contributed by atoms with van der Waals surface area (Å²) in [5.41, 5.74) is 1.17. The Hall–Kier alpha value is -3.04. The number of amides is 1. The molecule has 0 saturated heterocycles. The van der Waals surface area contributed by atoms with E-state index in [1.54, 1.807) is 18.2 Å².